The number of rotatable bonds is 2. The van der Waals surface area contributed by atoms with Crippen molar-refractivity contribution in [3.8, 4) is 11.6 Å². The monoisotopic (exact) mass is 460 g/mol. The van der Waals surface area contributed by atoms with Crippen LogP contribution in [0.4, 0.5) is 0 Å². The van der Waals surface area contributed by atoms with Crippen LogP contribution in [0.3, 0.4) is 0 Å². The zero-order chi connectivity index (χ0) is 23.6. The summed E-state index contributed by atoms with van der Waals surface area (Å²) in [5.41, 5.74) is 5.69. The first-order valence-corrected chi connectivity index (χ1v) is 12.1. The van der Waals surface area contributed by atoms with Gasteiger partial charge in [-0.3, -0.25) is 4.57 Å². The number of hydrogen-bond donors (Lipinski definition) is 0. The lowest BCUT2D eigenvalue weighted by Crippen LogP contribution is -2.02. The molecule has 8 aromatic rings. The third kappa shape index (κ3) is 2.53. The average Bonchev–Trinajstić information content (AvgIpc) is 3.47. The summed E-state index contributed by atoms with van der Waals surface area (Å²) in [6.07, 6.45) is 3.63. The van der Waals surface area contributed by atoms with Crippen LogP contribution in [-0.2, 0) is 0 Å². The van der Waals surface area contributed by atoms with Crippen molar-refractivity contribution in [3.05, 3.63) is 122 Å². The molecule has 0 fully saturated rings. The minimum absolute atomic E-state index is 0.671. The molecule has 3 aromatic heterocycles. The molecule has 0 aliphatic heterocycles. The van der Waals surface area contributed by atoms with Crippen LogP contribution < -0.4 is 0 Å². The lowest BCUT2D eigenvalue weighted by molar-refractivity contribution is 0.988. The van der Waals surface area contributed by atoms with Crippen molar-refractivity contribution in [2.24, 2.45) is 0 Å². The van der Waals surface area contributed by atoms with Crippen LogP contribution in [0.1, 0.15) is 0 Å². The van der Waals surface area contributed by atoms with Gasteiger partial charge in [-0.15, -0.1) is 0 Å². The van der Waals surface area contributed by atoms with Crippen LogP contribution >= 0.6 is 0 Å². The van der Waals surface area contributed by atoms with Gasteiger partial charge in [-0.1, -0.05) is 78.9 Å². The van der Waals surface area contributed by atoms with Gasteiger partial charge < -0.3 is 4.57 Å². The van der Waals surface area contributed by atoms with Crippen molar-refractivity contribution in [1.29, 1.82) is 0 Å². The highest BCUT2D eigenvalue weighted by atomic mass is 15.2. The maximum absolute atomic E-state index is 4.71. The Hall–Kier alpha value is -4.96. The predicted octanol–water partition coefficient (Wildman–Crippen LogP) is 7.82. The van der Waals surface area contributed by atoms with Crippen molar-refractivity contribution in [2.75, 3.05) is 0 Å². The summed E-state index contributed by atoms with van der Waals surface area (Å²) in [5, 5.41) is 7.32. The quantitative estimate of drug-likeness (QED) is 0.264. The highest BCUT2D eigenvalue weighted by Crippen LogP contribution is 2.42. The average molecular weight is 461 g/mol. The topological polar surface area (TPSA) is 35.6 Å². The lowest BCUT2D eigenvalue weighted by atomic mass is 10.0. The number of aromatic nitrogens is 4. The minimum atomic E-state index is 0.671. The van der Waals surface area contributed by atoms with Gasteiger partial charge in [0.25, 0.3) is 0 Å². The molecule has 0 aliphatic rings. The zero-order valence-corrected chi connectivity index (χ0v) is 19.3. The Kier molecular flexibility index (Phi) is 3.91. The molecule has 8 rings (SSSR count). The Morgan fingerprint density at radius 2 is 1.14 bits per heavy atom. The van der Waals surface area contributed by atoms with Crippen molar-refractivity contribution in [2.45, 2.75) is 0 Å². The van der Waals surface area contributed by atoms with Crippen LogP contribution in [0.15, 0.2) is 122 Å². The first-order chi connectivity index (χ1) is 17.9. The molecule has 0 saturated carbocycles. The van der Waals surface area contributed by atoms with E-state index in [1.54, 1.807) is 0 Å². The summed E-state index contributed by atoms with van der Waals surface area (Å²) in [6, 6.07) is 38.7. The molecule has 4 nitrogen and oxygen atoms in total. The summed E-state index contributed by atoms with van der Waals surface area (Å²) in [6.45, 7) is 0. The van der Waals surface area contributed by atoms with Crippen LogP contribution in [0.2, 0.25) is 0 Å². The third-order valence-electron chi connectivity index (χ3n) is 7.22. The van der Waals surface area contributed by atoms with E-state index in [1.807, 2.05) is 18.5 Å². The van der Waals surface area contributed by atoms with Crippen molar-refractivity contribution in [1.82, 2.24) is 19.1 Å². The fourth-order valence-corrected chi connectivity index (χ4v) is 5.78. The van der Waals surface area contributed by atoms with Crippen LogP contribution in [0, 0.1) is 0 Å². The number of hydrogen-bond acceptors (Lipinski definition) is 2. The van der Waals surface area contributed by atoms with Crippen molar-refractivity contribution >= 4 is 54.4 Å². The molecule has 5 aromatic carbocycles. The number of fused-ring (bicyclic) bond motifs is 9. The van der Waals surface area contributed by atoms with Gasteiger partial charge in [-0.2, -0.15) is 0 Å². The van der Waals surface area contributed by atoms with Crippen molar-refractivity contribution < 1.29 is 0 Å². The van der Waals surface area contributed by atoms with E-state index in [0.29, 0.717) is 5.95 Å². The number of benzene rings is 5. The van der Waals surface area contributed by atoms with Crippen LogP contribution in [0.25, 0.3) is 66.0 Å². The van der Waals surface area contributed by atoms with E-state index in [9.17, 15) is 0 Å². The second-order valence-electron chi connectivity index (χ2n) is 9.11. The molecule has 0 N–H and O–H groups in total. The highest BCUT2D eigenvalue weighted by Gasteiger charge is 2.22. The second-order valence-corrected chi connectivity index (χ2v) is 9.11. The van der Waals surface area contributed by atoms with Gasteiger partial charge in [0.1, 0.15) is 0 Å². The van der Waals surface area contributed by atoms with E-state index < -0.39 is 0 Å². The molecule has 0 radical (unpaired) electrons. The number of nitrogens with zero attached hydrogens (tertiary/aromatic N) is 4. The van der Waals surface area contributed by atoms with E-state index in [2.05, 4.69) is 112 Å². The Bertz CT molecular complexity index is 2080. The van der Waals surface area contributed by atoms with Crippen molar-refractivity contribution in [3.63, 3.8) is 0 Å². The molecule has 0 saturated heterocycles. The van der Waals surface area contributed by atoms with Gasteiger partial charge in [-0.05, 0) is 41.1 Å². The molecular formula is C32H20N4. The standard InChI is InChI=1S/C32H20N4/c1-2-10-22(11-3-1)35-27-14-7-6-13-24(27)25-16-17-26-29-23-12-5-4-9-21(23)15-18-28(29)36(31(26)30(25)35)32-33-19-8-20-34-32/h1-20H. The molecule has 0 atom stereocenters. The van der Waals surface area contributed by atoms with E-state index in [-0.39, 0.29) is 0 Å². The summed E-state index contributed by atoms with van der Waals surface area (Å²) in [4.78, 5) is 9.41. The Morgan fingerprint density at radius 3 is 2.00 bits per heavy atom. The first-order valence-electron chi connectivity index (χ1n) is 12.1. The Labute approximate surface area is 206 Å². The first kappa shape index (κ1) is 19.4. The Balaban J connectivity index is 1.71. The van der Waals surface area contributed by atoms with E-state index >= 15 is 0 Å². The Morgan fingerprint density at radius 1 is 0.444 bits per heavy atom. The molecule has 168 valence electrons. The molecule has 36 heavy (non-hydrogen) atoms. The van der Waals surface area contributed by atoms with Gasteiger partial charge in [0, 0.05) is 39.6 Å². The molecule has 0 spiro atoms. The van der Waals surface area contributed by atoms with Gasteiger partial charge in [0.2, 0.25) is 5.95 Å². The van der Waals surface area contributed by atoms with Gasteiger partial charge in [-0.25, -0.2) is 9.97 Å². The maximum Gasteiger partial charge on any atom is 0.234 e. The largest absolute Gasteiger partial charge is 0.307 e. The predicted molar refractivity (Wildman–Crippen MR) is 148 cm³/mol. The van der Waals surface area contributed by atoms with Gasteiger partial charge >= 0.3 is 0 Å². The molecule has 0 unspecified atom stereocenters. The lowest BCUT2D eigenvalue weighted by Gasteiger charge is -2.11. The smallest absolute Gasteiger partial charge is 0.234 e. The molecule has 0 aliphatic carbocycles. The molecule has 0 bridgehead atoms. The van der Waals surface area contributed by atoms with E-state index in [4.69, 9.17) is 9.97 Å². The summed E-state index contributed by atoms with van der Waals surface area (Å²) < 4.78 is 4.62. The fraction of sp³-hybridized carbons (Fsp3) is 0. The normalized spacial score (nSPS) is 11.9. The number of para-hydroxylation sites is 2. The molecule has 0 amide bonds. The fourth-order valence-electron chi connectivity index (χ4n) is 5.78. The van der Waals surface area contributed by atoms with E-state index in [1.165, 1.54) is 37.8 Å². The van der Waals surface area contributed by atoms with E-state index in [0.717, 1.165) is 22.2 Å². The molecule has 3 heterocycles. The maximum atomic E-state index is 4.71. The summed E-state index contributed by atoms with van der Waals surface area (Å²) in [5.74, 6) is 0.671. The second kappa shape index (κ2) is 7.27. The summed E-state index contributed by atoms with van der Waals surface area (Å²) >= 11 is 0. The SMILES string of the molecule is c1ccc(-n2c3ccccc3c3ccc4c5c6ccccc6ccc5n(-c5ncccn5)c4c32)cc1. The van der Waals surface area contributed by atoms with Gasteiger partial charge in [0.15, 0.2) is 0 Å². The van der Waals surface area contributed by atoms with Crippen LogP contribution in [-0.4, -0.2) is 19.1 Å². The molecule has 4 heteroatoms. The molecular weight excluding hydrogens is 440 g/mol. The minimum Gasteiger partial charge on any atom is -0.307 e. The highest BCUT2D eigenvalue weighted by molar-refractivity contribution is 6.28. The zero-order valence-electron chi connectivity index (χ0n) is 19.3. The van der Waals surface area contributed by atoms with Gasteiger partial charge in [0.05, 0.1) is 22.1 Å². The summed E-state index contributed by atoms with van der Waals surface area (Å²) in [7, 11) is 0. The van der Waals surface area contributed by atoms with Crippen LogP contribution in [0.5, 0.6) is 0 Å². The third-order valence-corrected chi connectivity index (χ3v) is 7.22.